The largest absolute Gasteiger partial charge is 0.394 e. The number of aliphatic hydroxyl groups excluding tert-OH is 1. The second-order valence-corrected chi connectivity index (χ2v) is 6.71. The third-order valence-corrected chi connectivity index (χ3v) is 3.68. The Morgan fingerprint density at radius 3 is 2.79 bits per heavy atom. The molecule has 0 spiro atoms. The fourth-order valence-corrected chi connectivity index (χ4v) is 3.04. The summed E-state index contributed by atoms with van der Waals surface area (Å²) in [7, 11) is -3.41. The Bertz CT molecular complexity index is 559. The van der Waals surface area contributed by atoms with Crippen LogP contribution in [0.15, 0.2) is 24.3 Å². The molecule has 1 aromatic carbocycles. The van der Waals surface area contributed by atoms with Gasteiger partial charge in [-0.1, -0.05) is 12.1 Å². The number of rotatable bonds is 4. The summed E-state index contributed by atoms with van der Waals surface area (Å²) in [4.78, 5) is 0. The van der Waals surface area contributed by atoms with Gasteiger partial charge in [0, 0.05) is 11.8 Å². The summed E-state index contributed by atoms with van der Waals surface area (Å²) in [6.07, 6.45) is 0.428. The first-order chi connectivity index (χ1) is 8.85. The van der Waals surface area contributed by atoms with Crippen LogP contribution in [-0.4, -0.2) is 44.9 Å². The predicted octanol–water partition coefficient (Wildman–Crippen LogP) is 0.431. The lowest BCUT2D eigenvalue weighted by Crippen LogP contribution is -2.36. The second kappa shape index (κ2) is 5.16. The molecule has 7 heteroatoms. The van der Waals surface area contributed by atoms with Gasteiger partial charge in [-0.2, -0.15) is 0 Å². The molecule has 1 aromatic rings. The summed E-state index contributed by atoms with van der Waals surface area (Å²) in [5, 5.41) is 9.07. The molecule has 0 saturated carbocycles. The molecular weight excluding hydrogens is 275 g/mol. The highest BCUT2D eigenvalue weighted by molar-refractivity contribution is 7.90. The van der Waals surface area contributed by atoms with Crippen molar-refractivity contribution in [3.63, 3.8) is 0 Å². The Kier molecular flexibility index (Phi) is 3.91. The topological polar surface area (TPSA) is 72.8 Å². The minimum Gasteiger partial charge on any atom is -0.394 e. The van der Waals surface area contributed by atoms with E-state index in [0.29, 0.717) is 0 Å². The van der Waals surface area contributed by atoms with Crippen molar-refractivity contribution in [2.75, 3.05) is 25.2 Å². The molecule has 0 amide bonds. The van der Waals surface area contributed by atoms with Crippen LogP contribution in [0.5, 0.6) is 0 Å². The molecule has 0 aliphatic carbocycles. The monoisotopic (exact) mass is 290 g/mol. The quantitative estimate of drug-likeness (QED) is 0.870. The average molecular weight is 290 g/mol. The first-order valence-corrected chi connectivity index (χ1v) is 7.77. The Labute approximate surface area is 110 Å². The van der Waals surface area contributed by atoms with Crippen molar-refractivity contribution in [1.29, 1.82) is 0 Å². The number of benzene rings is 1. The molecule has 0 unspecified atom stereocenters. The molecular formula is C12H15FO5S. The lowest BCUT2D eigenvalue weighted by Gasteiger charge is -2.27. The maximum atomic E-state index is 13.3. The van der Waals surface area contributed by atoms with Gasteiger partial charge in [-0.15, -0.1) is 0 Å². The van der Waals surface area contributed by atoms with Crippen molar-refractivity contribution >= 4 is 9.84 Å². The molecule has 1 N–H and O–H groups in total. The zero-order valence-electron chi connectivity index (χ0n) is 10.4. The predicted molar refractivity (Wildman–Crippen MR) is 65.7 cm³/mol. The highest BCUT2D eigenvalue weighted by atomic mass is 32.2. The van der Waals surface area contributed by atoms with Crippen LogP contribution in [0.3, 0.4) is 0 Å². The van der Waals surface area contributed by atoms with Crippen LogP contribution < -0.4 is 0 Å². The Morgan fingerprint density at radius 2 is 2.26 bits per heavy atom. The first-order valence-electron chi connectivity index (χ1n) is 5.71. The summed E-state index contributed by atoms with van der Waals surface area (Å²) < 4.78 is 47.3. The summed E-state index contributed by atoms with van der Waals surface area (Å²) in [6, 6.07) is 5.41. The van der Waals surface area contributed by atoms with Crippen LogP contribution in [-0.2, 0) is 25.1 Å². The van der Waals surface area contributed by atoms with E-state index in [-0.39, 0.29) is 18.8 Å². The van der Waals surface area contributed by atoms with Crippen molar-refractivity contribution in [2.45, 2.75) is 11.9 Å². The van der Waals surface area contributed by atoms with Gasteiger partial charge in [0.25, 0.3) is 0 Å². The number of hydrogen-bond donors (Lipinski definition) is 1. The molecule has 1 fully saturated rings. The first kappa shape index (κ1) is 14.4. The van der Waals surface area contributed by atoms with Crippen LogP contribution in [0.2, 0.25) is 0 Å². The molecule has 2 rings (SSSR count). The van der Waals surface area contributed by atoms with Crippen molar-refractivity contribution < 1.29 is 27.4 Å². The van der Waals surface area contributed by atoms with Crippen LogP contribution in [0.1, 0.15) is 5.56 Å². The second-order valence-electron chi connectivity index (χ2n) is 4.57. The van der Waals surface area contributed by atoms with Gasteiger partial charge in [-0.25, -0.2) is 12.8 Å². The highest BCUT2D eigenvalue weighted by Crippen LogP contribution is 2.35. The molecule has 0 bridgehead atoms. The number of ether oxygens (including phenoxy) is 2. The van der Waals surface area contributed by atoms with Crippen molar-refractivity contribution in [3.05, 3.63) is 35.6 Å². The van der Waals surface area contributed by atoms with E-state index in [0.717, 1.165) is 6.26 Å². The van der Waals surface area contributed by atoms with E-state index in [1.54, 1.807) is 0 Å². The molecule has 1 saturated heterocycles. The van der Waals surface area contributed by atoms with Crippen LogP contribution in [0, 0.1) is 5.82 Å². The van der Waals surface area contributed by atoms with E-state index in [4.69, 9.17) is 14.6 Å². The smallest absolute Gasteiger partial charge is 0.209 e. The minimum atomic E-state index is -3.41. The van der Waals surface area contributed by atoms with E-state index in [1.807, 2.05) is 0 Å². The van der Waals surface area contributed by atoms with Gasteiger partial charge in [0.05, 0.1) is 13.2 Å². The summed E-state index contributed by atoms with van der Waals surface area (Å²) in [6.45, 7) is -0.233. The number of aliphatic hydroxyl groups is 1. The number of hydrogen-bond acceptors (Lipinski definition) is 5. The number of halogens is 1. The molecule has 1 aliphatic rings. The Hall–Kier alpha value is -1.02. The minimum absolute atomic E-state index is 0.0581. The fraction of sp³-hybridized carbons (Fsp3) is 0.500. The number of sulfone groups is 1. The van der Waals surface area contributed by atoms with E-state index >= 15 is 0 Å². The average Bonchev–Trinajstić information content (AvgIpc) is 2.71. The maximum Gasteiger partial charge on any atom is 0.209 e. The lowest BCUT2D eigenvalue weighted by atomic mass is 10.1. The van der Waals surface area contributed by atoms with E-state index in [9.17, 15) is 12.8 Å². The Balaban J connectivity index is 2.40. The molecule has 19 heavy (non-hydrogen) atoms. The molecule has 1 heterocycles. The van der Waals surface area contributed by atoms with Crippen LogP contribution in [0.4, 0.5) is 4.39 Å². The summed E-state index contributed by atoms with van der Waals surface area (Å²) in [5.41, 5.74) is 0.286. The third kappa shape index (κ3) is 3.30. The SMILES string of the molecule is CS(=O)(=O)C[C@@]1(c2cccc(F)c2)OC[C@@H](CO)O1. The van der Waals surface area contributed by atoms with E-state index in [1.165, 1.54) is 24.3 Å². The van der Waals surface area contributed by atoms with Crippen molar-refractivity contribution in [3.8, 4) is 0 Å². The molecule has 0 aromatic heterocycles. The highest BCUT2D eigenvalue weighted by Gasteiger charge is 2.45. The zero-order chi connectivity index (χ0) is 14.1. The molecule has 5 nitrogen and oxygen atoms in total. The standard InChI is InChI=1S/C12H15FO5S/c1-19(15,16)8-12(17-7-11(6-14)18-12)9-3-2-4-10(13)5-9/h2-5,11,14H,6-8H2,1H3/t11-,12-/m1/s1. The van der Waals surface area contributed by atoms with Gasteiger partial charge in [0.2, 0.25) is 5.79 Å². The molecule has 2 atom stereocenters. The van der Waals surface area contributed by atoms with Crippen molar-refractivity contribution in [1.82, 2.24) is 0 Å². The van der Waals surface area contributed by atoms with Crippen LogP contribution in [0.25, 0.3) is 0 Å². The van der Waals surface area contributed by atoms with Gasteiger partial charge < -0.3 is 14.6 Å². The van der Waals surface area contributed by atoms with Gasteiger partial charge >= 0.3 is 0 Å². The lowest BCUT2D eigenvalue weighted by molar-refractivity contribution is -0.162. The van der Waals surface area contributed by atoms with Gasteiger partial charge in [0.15, 0.2) is 9.84 Å². The molecule has 106 valence electrons. The van der Waals surface area contributed by atoms with E-state index in [2.05, 4.69) is 0 Å². The third-order valence-electron chi connectivity index (χ3n) is 2.78. The molecule has 1 aliphatic heterocycles. The summed E-state index contributed by atoms with van der Waals surface area (Å²) >= 11 is 0. The van der Waals surface area contributed by atoms with Gasteiger partial charge in [-0.3, -0.25) is 0 Å². The molecule has 0 radical (unpaired) electrons. The maximum absolute atomic E-state index is 13.3. The van der Waals surface area contributed by atoms with E-state index < -0.39 is 33.3 Å². The van der Waals surface area contributed by atoms with Gasteiger partial charge in [-0.05, 0) is 12.1 Å². The Morgan fingerprint density at radius 1 is 1.53 bits per heavy atom. The van der Waals surface area contributed by atoms with Crippen molar-refractivity contribution in [2.24, 2.45) is 0 Å². The normalized spacial score (nSPS) is 27.6. The van der Waals surface area contributed by atoms with Gasteiger partial charge in [0.1, 0.15) is 17.7 Å². The zero-order valence-corrected chi connectivity index (χ0v) is 11.2. The van der Waals surface area contributed by atoms with Crippen LogP contribution >= 0.6 is 0 Å². The summed E-state index contributed by atoms with van der Waals surface area (Å²) in [5.74, 6) is -2.49. The fourth-order valence-electron chi connectivity index (χ4n) is 2.04.